The number of hydrogen-bond acceptors (Lipinski definition) is 5. The van der Waals surface area contributed by atoms with Crippen LogP contribution in [-0.2, 0) is 0 Å². The highest BCUT2D eigenvalue weighted by Crippen LogP contribution is 2.33. The number of ether oxygens (including phenoxy) is 1. The van der Waals surface area contributed by atoms with E-state index in [0.29, 0.717) is 28.3 Å². The summed E-state index contributed by atoms with van der Waals surface area (Å²) in [5.41, 5.74) is 4.02. The Balaban J connectivity index is 1.84. The summed E-state index contributed by atoms with van der Waals surface area (Å²) in [6.45, 7) is 0. The van der Waals surface area contributed by atoms with Crippen molar-refractivity contribution in [3.8, 4) is 23.1 Å². The van der Waals surface area contributed by atoms with E-state index in [1.807, 2.05) is 24.3 Å². The van der Waals surface area contributed by atoms with Crippen LogP contribution in [0.15, 0.2) is 60.9 Å². The number of pyridine rings is 2. The molecule has 0 spiro atoms. The molecule has 0 bridgehead atoms. The zero-order valence-electron chi connectivity index (χ0n) is 15.3. The van der Waals surface area contributed by atoms with E-state index in [4.69, 9.17) is 16.3 Å². The summed E-state index contributed by atoms with van der Waals surface area (Å²) in [6.07, 6.45) is 3.22. The molecule has 0 unspecified atom stereocenters. The van der Waals surface area contributed by atoms with Gasteiger partial charge in [0.25, 0.3) is 0 Å². The molecule has 0 fully saturated rings. The zero-order chi connectivity index (χ0) is 20.4. The van der Waals surface area contributed by atoms with Crippen LogP contribution >= 0.6 is 11.6 Å². The molecule has 0 amide bonds. The van der Waals surface area contributed by atoms with Crippen LogP contribution in [0.2, 0.25) is 5.02 Å². The lowest BCUT2D eigenvalue weighted by Gasteiger charge is -2.13. The maximum absolute atomic E-state index is 13.5. The van der Waals surface area contributed by atoms with Gasteiger partial charge in [0.05, 0.1) is 28.9 Å². The summed E-state index contributed by atoms with van der Waals surface area (Å²) >= 11 is 5.89. The quantitative estimate of drug-likeness (QED) is 0.471. The highest BCUT2D eigenvalue weighted by atomic mass is 35.5. The van der Waals surface area contributed by atoms with Crippen molar-refractivity contribution in [3.05, 3.63) is 77.3 Å². The van der Waals surface area contributed by atoms with Crippen molar-refractivity contribution in [2.75, 3.05) is 12.4 Å². The highest BCUT2D eigenvalue weighted by molar-refractivity contribution is 6.31. The number of hydrogen-bond donors (Lipinski definition) is 1. The van der Waals surface area contributed by atoms with Gasteiger partial charge in [-0.25, -0.2) is 9.37 Å². The number of benzene rings is 2. The molecule has 2 heterocycles. The van der Waals surface area contributed by atoms with Gasteiger partial charge in [-0.15, -0.1) is 0 Å². The van der Waals surface area contributed by atoms with E-state index in [9.17, 15) is 9.65 Å². The maximum atomic E-state index is 13.5. The van der Waals surface area contributed by atoms with Crippen LogP contribution < -0.4 is 10.1 Å². The molecule has 4 aromatic rings. The second kappa shape index (κ2) is 7.74. The molecular formula is C22H14ClFN4O. The molecule has 2 aromatic carbocycles. The molecule has 7 heteroatoms. The monoisotopic (exact) mass is 404 g/mol. The third kappa shape index (κ3) is 3.68. The number of rotatable bonds is 4. The lowest BCUT2D eigenvalue weighted by Crippen LogP contribution is -1.97. The first-order valence-corrected chi connectivity index (χ1v) is 9.02. The Labute approximate surface area is 171 Å². The summed E-state index contributed by atoms with van der Waals surface area (Å²) in [5.74, 6) is 0.0186. The van der Waals surface area contributed by atoms with Gasteiger partial charge in [0.15, 0.2) is 0 Å². The first-order valence-electron chi connectivity index (χ1n) is 8.64. The van der Waals surface area contributed by atoms with Crippen LogP contribution in [0.25, 0.3) is 22.0 Å². The molecule has 0 saturated carbocycles. The lowest BCUT2D eigenvalue weighted by molar-refractivity contribution is 0.398. The van der Waals surface area contributed by atoms with E-state index in [1.165, 1.54) is 18.3 Å². The number of aromatic nitrogens is 2. The fourth-order valence-electron chi connectivity index (χ4n) is 2.98. The third-order valence-electron chi connectivity index (χ3n) is 4.46. The molecule has 29 heavy (non-hydrogen) atoms. The van der Waals surface area contributed by atoms with Gasteiger partial charge >= 0.3 is 0 Å². The molecular weight excluding hydrogens is 391 g/mol. The second-order valence-electron chi connectivity index (χ2n) is 6.23. The SMILES string of the molecule is COc1ccc(-c2ccc3ncc(C#N)c(Nc4ccc(F)c(Cl)c4)c3c2)cn1. The molecule has 0 atom stereocenters. The molecule has 0 radical (unpaired) electrons. The van der Waals surface area contributed by atoms with E-state index >= 15 is 0 Å². The van der Waals surface area contributed by atoms with E-state index in [0.717, 1.165) is 16.5 Å². The Morgan fingerprint density at radius 1 is 1.03 bits per heavy atom. The van der Waals surface area contributed by atoms with E-state index in [1.54, 1.807) is 25.4 Å². The molecule has 1 N–H and O–H groups in total. The van der Waals surface area contributed by atoms with Gasteiger partial charge in [-0.3, -0.25) is 4.98 Å². The summed E-state index contributed by atoms with van der Waals surface area (Å²) < 4.78 is 18.6. The maximum Gasteiger partial charge on any atom is 0.212 e. The van der Waals surface area contributed by atoms with Gasteiger partial charge in [0.2, 0.25) is 5.88 Å². The lowest BCUT2D eigenvalue weighted by atomic mass is 10.0. The van der Waals surface area contributed by atoms with Gasteiger partial charge in [0, 0.05) is 35.1 Å². The fourth-order valence-corrected chi connectivity index (χ4v) is 3.16. The van der Waals surface area contributed by atoms with Crippen LogP contribution in [0.4, 0.5) is 15.8 Å². The predicted molar refractivity (Wildman–Crippen MR) is 111 cm³/mol. The van der Waals surface area contributed by atoms with Gasteiger partial charge in [-0.05, 0) is 42.0 Å². The molecule has 5 nitrogen and oxygen atoms in total. The number of nitrogens with zero attached hydrogens (tertiary/aromatic N) is 3. The highest BCUT2D eigenvalue weighted by Gasteiger charge is 2.12. The average molecular weight is 405 g/mol. The van der Waals surface area contributed by atoms with Crippen molar-refractivity contribution in [2.24, 2.45) is 0 Å². The Morgan fingerprint density at radius 2 is 1.86 bits per heavy atom. The number of nitriles is 1. The Bertz CT molecular complexity index is 1250. The van der Waals surface area contributed by atoms with Crippen LogP contribution in [-0.4, -0.2) is 17.1 Å². The van der Waals surface area contributed by atoms with Crippen LogP contribution in [0.3, 0.4) is 0 Å². The Morgan fingerprint density at radius 3 is 2.55 bits per heavy atom. The summed E-state index contributed by atoms with van der Waals surface area (Å²) in [6, 6.07) is 15.9. The predicted octanol–water partition coefficient (Wildman–Crippen LogP) is 5.71. The van der Waals surface area contributed by atoms with Crippen molar-refractivity contribution in [1.29, 1.82) is 5.26 Å². The minimum atomic E-state index is -0.508. The summed E-state index contributed by atoms with van der Waals surface area (Å²) in [4.78, 5) is 8.60. The topological polar surface area (TPSA) is 70.8 Å². The largest absolute Gasteiger partial charge is 0.481 e. The second-order valence-corrected chi connectivity index (χ2v) is 6.64. The first kappa shape index (κ1) is 18.7. The summed E-state index contributed by atoms with van der Waals surface area (Å²) in [7, 11) is 1.56. The summed E-state index contributed by atoms with van der Waals surface area (Å²) in [5, 5.41) is 13.5. The zero-order valence-corrected chi connectivity index (χ0v) is 16.0. The Kier molecular flexibility index (Phi) is 4.98. The van der Waals surface area contributed by atoms with Crippen LogP contribution in [0, 0.1) is 17.1 Å². The first-order chi connectivity index (χ1) is 14.1. The minimum absolute atomic E-state index is 0.00290. The molecule has 2 aromatic heterocycles. The van der Waals surface area contributed by atoms with Crippen molar-refractivity contribution in [2.45, 2.75) is 0 Å². The number of anilines is 2. The normalized spacial score (nSPS) is 10.6. The van der Waals surface area contributed by atoms with Crippen LogP contribution in [0.5, 0.6) is 5.88 Å². The Hall–Kier alpha value is -3.69. The average Bonchev–Trinajstić information content (AvgIpc) is 2.76. The van der Waals surface area contributed by atoms with Gasteiger partial charge in [-0.1, -0.05) is 17.7 Å². The van der Waals surface area contributed by atoms with E-state index < -0.39 is 5.82 Å². The number of methoxy groups -OCH3 is 1. The smallest absolute Gasteiger partial charge is 0.212 e. The number of fused-ring (bicyclic) bond motifs is 1. The van der Waals surface area contributed by atoms with E-state index in [2.05, 4.69) is 21.4 Å². The van der Waals surface area contributed by atoms with Gasteiger partial charge < -0.3 is 10.1 Å². The number of nitrogens with one attached hydrogen (secondary N) is 1. The van der Waals surface area contributed by atoms with Crippen molar-refractivity contribution >= 4 is 33.9 Å². The van der Waals surface area contributed by atoms with E-state index in [-0.39, 0.29) is 5.02 Å². The standard InChI is InChI=1S/C22H14ClFN4O/c1-29-21-7-3-14(11-27-21)13-2-6-20-17(8-13)22(15(10-25)12-26-20)28-16-4-5-19(24)18(23)9-16/h2-9,11-12H,1H3,(H,26,28). The third-order valence-corrected chi connectivity index (χ3v) is 4.75. The molecule has 142 valence electrons. The molecule has 4 rings (SSSR count). The molecule has 0 aliphatic carbocycles. The van der Waals surface area contributed by atoms with Crippen molar-refractivity contribution in [3.63, 3.8) is 0 Å². The molecule has 0 aliphatic heterocycles. The minimum Gasteiger partial charge on any atom is -0.481 e. The van der Waals surface area contributed by atoms with Crippen LogP contribution in [0.1, 0.15) is 5.56 Å². The van der Waals surface area contributed by atoms with Gasteiger partial charge in [-0.2, -0.15) is 5.26 Å². The van der Waals surface area contributed by atoms with Crippen molar-refractivity contribution < 1.29 is 9.13 Å². The number of halogens is 2. The van der Waals surface area contributed by atoms with Crippen molar-refractivity contribution in [1.82, 2.24) is 9.97 Å². The fraction of sp³-hybridized carbons (Fsp3) is 0.0455. The van der Waals surface area contributed by atoms with Gasteiger partial charge in [0.1, 0.15) is 11.9 Å². The molecule has 0 aliphatic rings. The molecule has 0 saturated heterocycles.